The molecule has 1 atom stereocenters. The van der Waals surface area contributed by atoms with Gasteiger partial charge < -0.3 is 15.3 Å². The van der Waals surface area contributed by atoms with E-state index in [9.17, 15) is 23.5 Å². The van der Waals surface area contributed by atoms with E-state index in [2.05, 4.69) is 10.4 Å². The third-order valence-electron chi connectivity index (χ3n) is 5.15. The number of benzene rings is 1. The van der Waals surface area contributed by atoms with Gasteiger partial charge in [-0.1, -0.05) is 12.1 Å². The van der Waals surface area contributed by atoms with E-state index in [1.165, 1.54) is 40.9 Å². The fourth-order valence-electron chi connectivity index (χ4n) is 3.66. The molecule has 2 aliphatic rings. The molecule has 0 aliphatic carbocycles. The van der Waals surface area contributed by atoms with E-state index in [4.69, 9.17) is 4.84 Å². The number of urea groups is 1. The van der Waals surface area contributed by atoms with E-state index >= 15 is 0 Å². The summed E-state index contributed by atoms with van der Waals surface area (Å²) in [6.45, 7) is 0.456. The summed E-state index contributed by atoms with van der Waals surface area (Å²) in [5.74, 6) is -0.411. The number of aliphatic hydroxyl groups excluding tert-OH is 1. The Kier molecular flexibility index (Phi) is 5.39. The van der Waals surface area contributed by atoms with Crippen LogP contribution >= 0.6 is 0 Å². The minimum atomic E-state index is -2.63. The molecule has 0 fully saturated rings. The van der Waals surface area contributed by atoms with Gasteiger partial charge in [-0.2, -0.15) is 5.10 Å². The first-order chi connectivity index (χ1) is 14.4. The van der Waals surface area contributed by atoms with Gasteiger partial charge in [-0.3, -0.25) is 14.3 Å². The first-order valence-electron chi connectivity index (χ1n) is 9.45. The van der Waals surface area contributed by atoms with Crippen molar-refractivity contribution in [1.82, 2.24) is 19.7 Å². The summed E-state index contributed by atoms with van der Waals surface area (Å²) in [6.07, 6.45) is -2.79. The number of carbonyl (C=O) groups is 2. The summed E-state index contributed by atoms with van der Waals surface area (Å²) < 4.78 is 27.3. The van der Waals surface area contributed by atoms with E-state index in [1.807, 2.05) is 0 Å². The Morgan fingerprint density at radius 3 is 2.97 bits per heavy atom. The predicted octanol–water partition coefficient (Wildman–Crippen LogP) is 1.79. The number of halogens is 2. The number of hydrogen-bond acceptors (Lipinski definition) is 5. The molecule has 30 heavy (non-hydrogen) atoms. The van der Waals surface area contributed by atoms with Crippen molar-refractivity contribution in [2.24, 2.45) is 0 Å². The molecule has 160 valence electrons. The number of nitrogens with one attached hydrogen (secondary N) is 1. The van der Waals surface area contributed by atoms with Gasteiger partial charge in [0.1, 0.15) is 11.8 Å². The van der Waals surface area contributed by atoms with Gasteiger partial charge in [0, 0.05) is 36.8 Å². The van der Waals surface area contributed by atoms with Crippen LogP contribution in [0.25, 0.3) is 0 Å². The zero-order chi connectivity index (χ0) is 21.4. The second kappa shape index (κ2) is 8.00. The standard InChI is InChI=1S/C19H21F2N5O4/c1-24-18(28)16-14-9-25(6-5-15(14)23-26(16)8-13(10-27)30-24)19(29)22-12-4-2-3-11(7-12)17(20)21/h2-4,7,13,17,27H,5-6,8-10H2,1H3,(H,22,29). The van der Waals surface area contributed by atoms with Crippen molar-refractivity contribution in [3.05, 3.63) is 46.8 Å². The maximum Gasteiger partial charge on any atom is 0.322 e. The number of aromatic nitrogens is 2. The Bertz CT molecular complexity index is 980. The maximum absolute atomic E-state index is 12.9. The molecule has 1 aromatic carbocycles. The van der Waals surface area contributed by atoms with Crippen LogP contribution in [0.15, 0.2) is 24.3 Å². The number of aliphatic hydroxyl groups is 1. The summed E-state index contributed by atoms with van der Waals surface area (Å²) >= 11 is 0. The lowest BCUT2D eigenvalue weighted by Gasteiger charge is -2.27. The first kappa shape index (κ1) is 20.2. The SMILES string of the molecule is CN1OC(CO)Cn2nc3c(c2C1=O)CN(C(=O)Nc1cccc(C(F)F)c1)CC3. The van der Waals surface area contributed by atoms with E-state index < -0.39 is 24.5 Å². The Hall–Kier alpha value is -3.05. The number of fused-ring (bicyclic) bond motifs is 3. The van der Waals surface area contributed by atoms with Crippen LogP contribution in [0.4, 0.5) is 19.3 Å². The minimum Gasteiger partial charge on any atom is -0.393 e. The number of amides is 3. The van der Waals surface area contributed by atoms with Gasteiger partial charge in [-0.25, -0.2) is 18.6 Å². The number of rotatable bonds is 3. The third-order valence-corrected chi connectivity index (χ3v) is 5.15. The zero-order valence-electron chi connectivity index (χ0n) is 16.2. The van der Waals surface area contributed by atoms with E-state index in [0.29, 0.717) is 29.9 Å². The molecule has 11 heteroatoms. The van der Waals surface area contributed by atoms with Crippen LogP contribution in [-0.4, -0.2) is 63.1 Å². The number of hydroxylamine groups is 2. The topological polar surface area (TPSA) is 99.9 Å². The summed E-state index contributed by atoms with van der Waals surface area (Å²) in [5, 5.41) is 17.6. The quantitative estimate of drug-likeness (QED) is 0.787. The molecule has 9 nitrogen and oxygen atoms in total. The summed E-state index contributed by atoms with van der Waals surface area (Å²) in [5.41, 5.74) is 1.75. The number of anilines is 1. The highest BCUT2D eigenvalue weighted by Gasteiger charge is 2.35. The Labute approximate surface area is 170 Å². The van der Waals surface area contributed by atoms with Crippen molar-refractivity contribution in [1.29, 1.82) is 0 Å². The van der Waals surface area contributed by atoms with Gasteiger partial charge in [-0.15, -0.1) is 0 Å². The largest absolute Gasteiger partial charge is 0.393 e. The molecular formula is C19H21F2N5O4. The summed E-state index contributed by atoms with van der Waals surface area (Å²) in [6, 6.07) is 5.06. The van der Waals surface area contributed by atoms with Crippen LogP contribution in [0.2, 0.25) is 0 Å². The van der Waals surface area contributed by atoms with Gasteiger partial charge in [0.15, 0.2) is 0 Å². The van der Waals surface area contributed by atoms with Crippen molar-refractivity contribution in [2.45, 2.75) is 32.0 Å². The van der Waals surface area contributed by atoms with E-state index in [-0.39, 0.29) is 30.9 Å². The molecule has 3 amide bonds. The molecule has 2 aliphatic heterocycles. The van der Waals surface area contributed by atoms with Gasteiger partial charge in [0.05, 0.1) is 25.4 Å². The summed E-state index contributed by atoms with van der Waals surface area (Å²) in [7, 11) is 1.46. The van der Waals surface area contributed by atoms with Gasteiger partial charge in [0.25, 0.3) is 12.3 Å². The normalized spacial score (nSPS) is 18.8. The minimum absolute atomic E-state index is 0.147. The Morgan fingerprint density at radius 2 is 2.23 bits per heavy atom. The van der Waals surface area contributed by atoms with Gasteiger partial charge in [0.2, 0.25) is 0 Å². The smallest absolute Gasteiger partial charge is 0.322 e. The van der Waals surface area contributed by atoms with E-state index in [0.717, 1.165) is 5.06 Å². The lowest BCUT2D eigenvalue weighted by atomic mass is 10.1. The second-order valence-electron chi connectivity index (χ2n) is 7.20. The van der Waals surface area contributed by atoms with Crippen LogP contribution in [0.5, 0.6) is 0 Å². The number of alkyl halides is 2. The molecule has 0 saturated carbocycles. The average Bonchev–Trinajstić information content (AvgIpc) is 3.03. The highest BCUT2D eigenvalue weighted by Crippen LogP contribution is 2.27. The highest BCUT2D eigenvalue weighted by atomic mass is 19.3. The molecule has 2 N–H and O–H groups in total. The molecule has 1 unspecified atom stereocenters. The lowest BCUT2D eigenvalue weighted by molar-refractivity contribution is -0.159. The third kappa shape index (κ3) is 3.73. The van der Waals surface area contributed by atoms with Crippen molar-refractivity contribution in [3.63, 3.8) is 0 Å². The first-order valence-corrected chi connectivity index (χ1v) is 9.45. The number of nitrogens with zero attached hydrogens (tertiary/aromatic N) is 4. The highest BCUT2D eigenvalue weighted by molar-refractivity contribution is 5.94. The van der Waals surface area contributed by atoms with E-state index in [1.54, 1.807) is 0 Å². The number of hydrogen-bond donors (Lipinski definition) is 2. The lowest BCUT2D eigenvalue weighted by Crippen LogP contribution is -2.39. The van der Waals surface area contributed by atoms with Crippen molar-refractivity contribution >= 4 is 17.6 Å². The Balaban J connectivity index is 1.55. The maximum atomic E-state index is 12.9. The molecule has 4 rings (SSSR count). The molecule has 1 aromatic heterocycles. The monoisotopic (exact) mass is 421 g/mol. The fraction of sp³-hybridized carbons (Fsp3) is 0.421. The summed E-state index contributed by atoms with van der Waals surface area (Å²) in [4.78, 5) is 32.4. The zero-order valence-corrected chi connectivity index (χ0v) is 16.2. The fourth-order valence-corrected chi connectivity index (χ4v) is 3.66. The Morgan fingerprint density at radius 1 is 1.43 bits per heavy atom. The number of carbonyl (C=O) groups excluding carboxylic acids is 2. The molecule has 0 spiro atoms. The molecular weight excluding hydrogens is 400 g/mol. The molecule has 3 heterocycles. The second-order valence-corrected chi connectivity index (χ2v) is 7.20. The predicted molar refractivity (Wildman–Crippen MR) is 101 cm³/mol. The van der Waals surface area contributed by atoms with Crippen LogP contribution in [0.1, 0.15) is 33.7 Å². The van der Waals surface area contributed by atoms with Crippen LogP contribution in [0, 0.1) is 0 Å². The van der Waals surface area contributed by atoms with Crippen LogP contribution in [0.3, 0.4) is 0 Å². The average molecular weight is 421 g/mol. The van der Waals surface area contributed by atoms with Crippen molar-refractivity contribution in [2.75, 3.05) is 25.5 Å². The van der Waals surface area contributed by atoms with Crippen molar-refractivity contribution < 1.29 is 28.3 Å². The molecule has 0 bridgehead atoms. The van der Waals surface area contributed by atoms with Gasteiger partial charge >= 0.3 is 6.03 Å². The molecule has 0 saturated heterocycles. The van der Waals surface area contributed by atoms with Crippen LogP contribution in [-0.2, 0) is 24.3 Å². The molecule has 0 radical (unpaired) electrons. The van der Waals surface area contributed by atoms with Crippen LogP contribution < -0.4 is 5.32 Å². The molecule has 2 aromatic rings. The van der Waals surface area contributed by atoms with Crippen molar-refractivity contribution in [3.8, 4) is 0 Å². The van der Waals surface area contributed by atoms with Gasteiger partial charge in [-0.05, 0) is 12.1 Å².